The van der Waals surface area contributed by atoms with Crippen LogP contribution in [0.25, 0.3) is 88.2 Å². The van der Waals surface area contributed by atoms with Crippen molar-refractivity contribution < 1.29 is 0 Å². The third kappa shape index (κ3) is 6.52. The second-order valence-corrected chi connectivity index (χ2v) is 19.4. The summed E-state index contributed by atoms with van der Waals surface area (Å²) in [7, 11) is 0. The summed E-state index contributed by atoms with van der Waals surface area (Å²) in [6.07, 6.45) is 5.77. The summed E-state index contributed by atoms with van der Waals surface area (Å²) in [5.74, 6) is 0. The van der Waals surface area contributed by atoms with E-state index in [4.69, 9.17) is 4.98 Å². The van der Waals surface area contributed by atoms with Crippen molar-refractivity contribution >= 4 is 43.6 Å². The Balaban J connectivity index is 0.780. The minimum absolute atomic E-state index is 0.174. The van der Waals surface area contributed by atoms with Crippen LogP contribution in [0, 0.1) is 0 Å². The van der Waals surface area contributed by atoms with E-state index in [0.717, 1.165) is 44.5 Å². The van der Waals surface area contributed by atoms with Gasteiger partial charge in [0.05, 0.1) is 5.69 Å². The molecule has 0 radical (unpaired) electrons. The number of aromatic nitrogens is 3. The average molecular weight is 884 g/mol. The fourth-order valence-electron chi connectivity index (χ4n) is 12.3. The first-order chi connectivity index (χ1) is 34.1. The summed E-state index contributed by atoms with van der Waals surface area (Å²) < 4.78 is 4.98. The molecule has 0 amide bonds. The van der Waals surface area contributed by atoms with Gasteiger partial charge in [-0.1, -0.05) is 164 Å². The smallest absolute Gasteiger partial charge is 0.0702 e. The highest BCUT2D eigenvalue weighted by Crippen LogP contribution is 2.57. The fraction of sp³-hybridized carbons (Fsp3) is 0.106. The molecular formula is C66H49N3. The predicted molar refractivity (Wildman–Crippen MR) is 287 cm³/mol. The Morgan fingerprint density at radius 3 is 1.25 bits per heavy atom. The first-order valence-corrected chi connectivity index (χ1v) is 24.6. The topological polar surface area (TPSA) is 22.8 Å². The van der Waals surface area contributed by atoms with Crippen molar-refractivity contribution in [3.63, 3.8) is 0 Å². The molecule has 3 heterocycles. The van der Waals surface area contributed by atoms with E-state index in [1.165, 1.54) is 116 Å². The highest BCUT2D eigenvalue weighted by Gasteiger charge is 2.47. The lowest BCUT2D eigenvalue weighted by atomic mass is 9.74. The zero-order valence-electron chi connectivity index (χ0n) is 38.4. The van der Waals surface area contributed by atoms with E-state index in [9.17, 15) is 0 Å². The molecule has 1 spiro atoms. The number of aryl methyl sites for hydroxylation is 4. The Labute approximate surface area is 402 Å². The number of pyridine rings is 1. The predicted octanol–water partition coefficient (Wildman–Crippen LogP) is 15.8. The van der Waals surface area contributed by atoms with Crippen molar-refractivity contribution in [1.29, 1.82) is 0 Å². The maximum atomic E-state index is 4.73. The van der Waals surface area contributed by atoms with E-state index in [-0.39, 0.29) is 5.41 Å². The van der Waals surface area contributed by atoms with Gasteiger partial charge in [0.2, 0.25) is 0 Å². The van der Waals surface area contributed by atoms with Gasteiger partial charge < -0.3 is 9.13 Å². The van der Waals surface area contributed by atoms with Gasteiger partial charge >= 0.3 is 0 Å². The number of hydrogen-bond acceptors (Lipinski definition) is 1. The van der Waals surface area contributed by atoms with Gasteiger partial charge in [0.15, 0.2) is 0 Å². The monoisotopic (exact) mass is 883 g/mol. The molecule has 0 fully saturated rings. The van der Waals surface area contributed by atoms with Gasteiger partial charge in [-0.2, -0.15) is 0 Å². The molecule has 0 saturated heterocycles. The molecule has 328 valence electrons. The highest BCUT2D eigenvalue weighted by atomic mass is 15.0. The first kappa shape index (κ1) is 39.9. The molecule has 0 unspecified atom stereocenters. The van der Waals surface area contributed by atoms with E-state index in [2.05, 4.69) is 221 Å². The van der Waals surface area contributed by atoms with Crippen LogP contribution in [-0.4, -0.2) is 14.1 Å². The number of fused-ring (bicyclic) bond motifs is 12. The van der Waals surface area contributed by atoms with E-state index < -0.39 is 0 Å². The molecule has 0 saturated carbocycles. The molecule has 2 aliphatic carbocycles. The number of rotatable bonds is 9. The Bertz CT molecular complexity index is 3630. The maximum absolute atomic E-state index is 4.73. The van der Waals surface area contributed by atoms with Gasteiger partial charge in [0.25, 0.3) is 0 Å². The first-order valence-electron chi connectivity index (χ1n) is 24.6. The van der Waals surface area contributed by atoms with E-state index in [0.29, 0.717) is 0 Å². The van der Waals surface area contributed by atoms with Crippen LogP contribution in [0.15, 0.2) is 225 Å². The minimum atomic E-state index is -0.174. The van der Waals surface area contributed by atoms with Crippen LogP contribution in [0.5, 0.6) is 0 Å². The van der Waals surface area contributed by atoms with Crippen LogP contribution in [-0.2, 0) is 44.2 Å². The largest absolute Gasteiger partial charge is 0.340 e. The van der Waals surface area contributed by atoms with Gasteiger partial charge in [-0.25, -0.2) is 0 Å². The molecule has 3 nitrogen and oxygen atoms in total. The molecule has 3 heteroatoms. The lowest BCUT2D eigenvalue weighted by Crippen LogP contribution is -2.26. The Kier molecular flexibility index (Phi) is 9.20. The zero-order chi connectivity index (χ0) is 45.5. The third-order valence-corrected chi connectivity index (χ3v) is 15.7. The number of hydrogen-bond donors (Lipinski definition) is 0. The van der Waals surface area contributed by atoms with Crippen LogP contribution in [0.2, 0.25) is 0 Å². The summed E-state index contributed by atoms with van der Waals surface area (Å²) in [5, 5.41) is 5.30. The fourth-order valence-corrected chi connectivity index (χ4v) is 12.3. The van der Waals surface area contributed by atoms with Gasteiger partial charge in [-0.3, -0.25) is 4.98 Å². The molecule has 9 aromatic carbocycles. The van der Waals surface area contributed by atoms with Crippen molar-refractivity contribution in [3.05, 3.63) is 258 Å². The standard InChI is InChI=1S/C66H49N3/c1-5-16-62-55(11-1)56-12-2-6-17-63(56)68(62)37-34-44-20-24-46(25-21-44)48-30-32-53-54-33-31-49(41-60(54)66(59(53)40-48)42-51-29-28-50(39-52(51)43-66)61-15-9-10-36-67-61)47-26-22-45(23-27-47)35-38-69-64-18-7-3-13-57(64)58-14-4-8-19-65(58)69/h1-33,36,39-41H,34-35,37-38,42-43H2. The van der Waals surface area contributed by atoms with Crippen molar-refractivity contribution in [2.24, 2.45) is 0 Å². The SMILES string of the molecule is c1ccc(-c2ccc3c(c2)CC2(C3)c3cc(-c4ccc(CCn5c6ccccc6c6ccccc65)cc4)ccc3-c3ccc(-c4ccc(CCn5c6ccccc6c6ccccc65)cc4)cc32)nc1. The van der Waals surface area contributed by atoms with Crippen molar-refractivity contribution in [2.75, 3.05) is 0 Å². The molecule has 0 bridgehead atoms. The molecule has 3 aromatic heterocycles. The molecule has 2 aliphatic rings. The van der Waals surface area contributed by atoms with Gasteiger partial charge in [-0.15, -0.1) is 0 Å². The van der Waals surface area contributed by atoms with E-state index >= 15 is 0 Å². The second-order valence-electron chi connectivity index (χ2n) is 19.4. The van der Waals surface area contributed by atoms with Gasteiger partial charge in [0.1, 0.15) is 0 Å². The molecule has 0 aliphatic heterocycles. The van der Waals surface area contributed by atoms with Crippen LogP contribution < -0.4 is 0 Å². The number of para-hydroxylation sites is 4. The van der Waals surface area contributed by atoms with Crippen molar-refractivity contribution in [3.8, 4) is 44.6 Å². The van der Waals surface area contributed by atoms with E-state index in [1.54, 1.807) is 0 Å². The molecule has 69 heavy (non-hydrogen) atoms. The normalized spacial score (nSPS) is 13.4. The molecular weight excluding hydrogens is 835 g/mol. The number of benzene rings is 9. The van der Waals surface area contributed by atoms with Gasteiger partial charge in [-0.05, 0) is 147 Å². The van der Waals surface area contributed by atoms with E-state index in [1.807, 2.05) is 12.3 Å². The Morgan fingerprint density at radius 1 is 0.362 bits per heavy atom. The Morgan fingerprint density at radius 2 is 0.783 bits per heavy atom. The molecule has 12 aromatic rings. The quantitative estimate of drug-likeness (QED) is 0.142. The van der Waals surface area contributed by atoms with Crippen LogP contribution in [0.3, 0.4) is 0 Å². The van der Waals surface area contributed by atoms with Crippen molar-refractivity contribution in [1.82, 2.24) is 14.1 Å². The summed E-state index contributed by atoms with van der Waals surface area (Å²) in [6.45, 7) is 1.87. The minimum Gasteiger partial charge on any atom is -0.340 e. The lowest BCUT2D eigenvalue weighted by Gasteiger charge is -2.27. The molecule has 14 rings (SSSR count). The summed E-state index contributed by atoms with van der Waals surface area (Å²) in [4.78, 5) is 4.73. The average Bonchev–Trinajstić information content (AvgIpc) is 4.14. The zero-order valence-corrected chi connectivity index (χ0v) is 38.4. The van der Waals surface area contributed by atoms with Crippen molar-refractivity contribution in [2.45, 2.75) is 44.2 Å². The third-order valence-electron chi connectivity index (χ3n) is 15.7. The summed E-state index contributed by atoms with van der Waals surface area (Å²) in [5.41, 5.74) is 23.5. The summed E-state index contributed by atoms with van der Waals surface area (Å²) >= 11 is 0. The van der Waals surface area contributed by atoms with Crippen LogP contribution in [0.1, 0.15) is 33.4 Å². The molecule has 0 N–H and O–H groups in total. The Hall–Kier alpha value is -8.27. The highest BCUT2D eigenvalue weighted by molar-refractivity contribution is 6.09. The lowest BCUT2D eigenvalue weighted by molar-refractivity contribution is 0.564. The van der Waals surface area contributed by atoms with Crippen LogP contribution in [0.4, 0.5) is 0 Å². The number of nitrogens with zero attached hydrogens (tertiary/aromatic N) is 3. The van der Waals surface area contributed by atoms with Gasteiger partial charge in [0, 0.05) is 73.9 Å². The maximum Gasteiger partial charge on any atom is 0.0702 e. The second kappa shape index (κ2) is 15.9. The van der Waals surface area contributed by atoms with Crippen LogP contribution >= 0.6 is 0 Å². The summed E-state index contributed by atoms with van der Waals surface area (Å²) in [6, 6.07) is 81.8. The molecule has 0 atom stereocenters.